The highest BCUT2D eigenvalue weighted by Crippen LogP contribution is 2.37. The highest BCUT2D eigenvalue weighted by atomic mass is 16.2. The number of nitrogens with zero attached hydrogens (tertiary/aromatic N) is 4. The Morgan fingerprint density at radius 1 is 0.938 bits per heavy atom. The number of nitrogens with one attached hydrogen (secondary N) is 1. The zero-order valence-corrected chi connectivity index (χ0v) is 18.5. The molecule has 8 heteroatoms. The maximum atomic E-state index is 13.4. The van der Waals surface area contributed by atoms with E-state index in [1.54, 1.807) is 0 Å². The molecule has 0 spiro atoms. The summed E-state index contributed by atoms with van der Waals surface area (Å²) in [6.07, 6.45) is 9.82. The molecule has 6 rings (SSSR count). The van der Waals surface area contributed by atoms with Crippen LogP contribution in [0.5, 0.6) is 0 Å². The van der Waals surface area contributed by atoms with E-state index in [4.69, 9.17) is 4.98 Å². The van der Waals surface area contributed by atoms with Gasteiger partial charge in [0.15, 0.2) is 5.65 Å². The van der Waals surface area contributed by atoms with Crippen LogP contribution in [0.3, 0.4) is 0 Å². The predicted molar refractivity (Wildman–Crippen MR) is 118 cm³/mol. The Hall–Kier alpha value is -2.64. The molecule has 4 heterocycles. The first kappa shape index (κ1) is 20.0. The van der Waals surface area contributed by atoms with Gasteiger partial charge in [0.1, 0.15) is 0 Å². The van der Waals surface area contributed by atoms with Gasteiger partial charge in [0.25, 0.3) is 5.56 Å². The lowest BCUT2D eigenvalue weighted by Crippen LogP contribution is -2.42. The van der Waals surface area contributed by atoms with Crippen molar-refractivity contribution in [2.45, 2.75) is 76.8 Å². The van der Waals surface area contributed by atoms with E-state index in [1.807, 2.05) is 15.9 Å². The van der Waals surface area contributed by atoms with Gasteiger partial charge in [-0.25, -0.2) is 9.50 Å². The molecule has 2 amide bonds. The van der Waals surface area contributed by atoms with Crippen molar-refractivity contribution < 1.29 is 9.59 Å². The molecule has 2 aliphatic carbocycles. The molecule has 0 aromatic carbocycles. The molecular formula is C24H31N5O3. The van der Waals surface area contributed by atoms with E-state index >= 15 is 0 Å². The normalized spacial score (nSPS) is 24.2. The Kier molecular flexibility index (Phi) is 4.84. The van der Waals surface area contributed by atoms with Crippen molar-refractivity contribution in [1.29, 1.82) is 0 Å². The molecular weight excluding hydrogens is 406 g/mol. The molecule has 0 radical (unpaired) electrons. The van der Waals surface area contributed by atoms with Crippen LogP contribution in [0.4, 0.5) is 0 Å². The fraction of sp³-hybridized carbons (Fsp3) is 0.667. The van der Waals surface area contributed by atoms with Gasteiger partial charge in [-0.3, -0.25) is 19.5 Å². The number of amides is 2. The maximum absolute atomic E-state index is 13.4. The van der Waals surface area contributed by atoms with E-state index in [2.05, 4.69) is 5.10 Å². The zero-order valence-electron chi connectivity index (χ0n) is 18.5. The third-order valence-corrected chi connectivity index (χ3v) is 7.87. The molecule has 4 aliphatic rings. The Bertz CT molecular complexity index is 1120. The molecule has 3 fully saturated rings. The monoisotopic (exact) mass is 437 g/mol. The summed E-state index contributed by atoms with van der Waals surface area (Å²) < 4.78 is 1.52. The van der Waals surface area contributed by atoms with E-state index in [0.29, 0.717) is 30.7 Å². The lowest BCUT2D eigenvalue weighted by molar-refractivity contribution is -0.137. The lowest BCUT2D eigenvalue weighted by atomic mass is 9.98. The van der Waals surface area contributed by atoms with Crippen LogP contribution in [0.15, 0.2) is 10.9 Å². The van der Waals surface area contributed by atoms with Gasteiger partial charge >= 0.3 is 0 Å². The molecule has 32 heavy (non-hydrogen) atoms. The molecule has 170 valence electrons. The molecule has 8 nitrogen and oxygen atoms in total. The third-order valence-electron chi connectivity index (χ3n) is 7.87. The largest absolute Gasteiger partial charge is 0.337 e. The second-order valence-electron chi connectivity index (χ2n) is 10.1. The van der Waals surface area contributed by atoms with Crippen LogP contribution >= 0.6 is 0 Å². The van der Waals surface area contributed by atoms with Crippen molar-refractivity contribution in [2.24, 2.45) is 11.8 Å². The van der Waals surface area contributed by atoms with E-state index in [9.17, 15) is 14.4 Å². The minimum absolute atomic E-state index is 0.0181. The molecule has 0 bridgehead atoms. The number of aromatic amines is 1. The zero-order chi connectivity index (χ0) is 21.8. The average molecular weight is 438 g/mol. The molecule has 2 saturated carbocycles. The Morgan fingerprint density at radius 3 is 2.47 bits per heavy atom. The minimum atomic E-state index is -0.115. The van der Waals surface area contributed by atoms with Gasteiger partial charge in [-0.2, -0.15) is 0 Å². The minimum Gasteiger partial charge on any atom is -0.337 e. The first-order valence-electron chi connectivity index (χ1n) is 12.3. The smallest absolute Gasteiger partial charge is 0.277 e. The van der Waals surface area contributed by atoms with Gasteiger partial charge in [0.05, 0.1) is 29.5 Å². The number of carbonyl (C=O) groups is 2. The first-order chi connectivity index (χ1) is 15.6. The van der Waals surface area contributed by atoms with E-state index in [1.165, 1.54) is 4.52 Å². The number of H-pyrrole nitrogens is 1. The molecule has 1 saturated heterocycles. The van der Waals surface area contributed by atoms with Crippen LogP contribution < -0.4 is 5.56 Å². The summed E-state index contributed by atoms with van der Waals surface area (Å²) >= 11 is 0. The lowest BCUT2D eigenvalue weighted by Gasteiger charge is -2.35. The molecule has 2 aromatic rings. The van der Waals surface area contributed by atoms with Gasteiger partial charge in [0.2, 0.25) is 11.8 Å². The summed E-state index contributed by atoms with van der Waals surface area (Å²) in [5.74, 6) is 0.765. The number of fused-ring (bicyclic) bond motifs is 2. The number of hydrogen-bond donors (Lipinski definition) is 1. The summed E-state index contributed by atoms with van der Waals surface area (Å²) in [5.41, 5.74) is 2.83. The average Bonchev–Trinajstić information content (AvgIpc) is 3.35. The standard InChI is InChI=1S/C24H31N5O3/c30-22(15-5-1-2-6-15)27-12-10-18-17(14-27)24(32)29-21(25-18)13-19(26-29)20-7-3-4-11-28(20)23(31)16-8-9-16/h13,15-16,20,26H,1-12,14H2/t20-/m1/s1. The molecule has 1 atom stereocenters. The highest BCUT2D eigenvalue weighted by Gasteiger charge is 2.38. The molecule has 2 aromatic heterocycles. The van der Waals surface area contributed by atoms with Crippen molar-refractivity contribution >= 4 is 17.5 Å². The Morgan fingerprint density at radius 2 is 1.69 bits per heavy atom. The van der Waals surface area contributed by atoms with Crippen molar-refractivity contribution in [2.75, 3.05) is 13.1 Å². The van der Waals surface area contributed by atoms with Gasteiger partial charge in [-0.15, -0.1) is 0 Å². The second kappa shape index (κ2) is 7.74. The van der Waals surface area contributed by atoms with Crippen molar-refractivity contribution in [1.82, 2.24) is 24.4 Å². The van der Waals surface area contributed by atoms with Crippen molar-refractivity contribution in [3.05, 3.63) is 33.4 Å². The molecule has 0 unspecified atom stereocenters. The summed E-state index contributed by atoms with van der Waals surface area (Å²) in [6, 6.07) is 1.93. The van der Waals surface area contributed by atoms with E-state index < -0.39 is 0 Å². The summed E-state index contributed by atoms with van der Waals surface area (Å²) in [5, 5.41) is 3.27. The number of carbonyl (C=O) groups excluding carboxylic acids is 2. The Labute approximate surface area is 187 Å². The fourth-order valence-corrected chi connectivity index (χ4v) is 5.87. The van der Waals surface area contributed by atoms with Crippen LogP contribution in [-0.4, -0.2) is 49.3 Å². The SMILES string of the molecule is O=C(C1CCCC1)N1CCc2nc3cc([C@H]4CCCCN4C(=O)C4CC4)[nH]n3c(=O)c2C1. The number of rotatable bonds is 3. The summed E-state index contributed by atoms with van der Waals surface area (Å²) in [6.45, 7) is 1.77. The van der Waals surface area contributed by atoms with Crippen LogP contribution in [0.25, 0.3) is 5.65 Å². The fourth-order valence-electron chi connectivity index (χ4n) is 5.87. The number of aromatic nitrogens is 3. The molecule has 1 N–H and O–H groups in total. The topological polar surface area (TPSA) is 90.8 Å². The summed E-state index contributed by atoms with van der Waals surface area (Å²) in [4.78, 5) is 47.8. The van der Waals surface area contributed by atoms with E-state index in [0.717, 1.165) is 75.7 Å². The second-order valence-corrected chi connectivity index (χ2v) is 10.1. The number of hydrogen-bond acceptors (Lipinski definition) is 4. The van der Waals surface area contributed by atoms with Gasteiger partial charge in [0, 0.05) is 37.4 Å². The van der Waals surface area contributed by atoms with Crippen molar-refractivity contribution in [3.8, 4) is 0 Å². The quantitative estimate of drug-likeness (QED) is 0.799. The number of piperidine rings is 1. The van der Waals surface area contributed by atoms with Crippen LogP contribution in [-0.2, 0) is 22.6 Å². The third kappa shape index (κ3) is 3.35. The maximum Gasteiger partial charge on any atom is 0.277 e. The predicted octanol–water partition coefficient (Wildman–Crippen LogP) is 2.56. The number of likely N-dealkylation sites (tertiary alicyclic amines) is 1. The van der Waals surface area contributed by atoms with Crippen LogP contribution in [0, 0.1) is 11.8 Å². The van der Waals surface area contributed by atoms with Gasteiger partial charge < -0.3 is 9.80 Å². The summed E-state index contributed by atoms with van der Waals surface area (Å²) in [7, 11) is 0. The van der Waals surface area contributed by atoms with Crippen LogP contribution in [0.1, 0.15) is 80.8 Å². The molecule has 2 aliphatic heterocycles. The van der Waals surface area contributed by atoms with Crippen molar-refractivity contribution in [3.63, 3.8) is 0 Å². The van der Waals surface area contributed by atoms with E-state index in [-0.39, 0.29) is 35.3 Å². The highest BCUT2D eigenvalue weighted by molar-refractivity contribution is 5.81. The van der Waals surface area contributed by atoms with Gasteiger partial charge in [-0.05, 0) is 44.9 Å². The first-order valence-corrected chi connectivity index (χ1v) is 12.3. The van der Waals surface area contributed by atoms with Gasteiger partial charge in [-0.1, -0.05) is 12.8 Å². The van der Waals surface area contributed by atoms with Crippen LogP contribution in [0.2, 0.25) is 0 Å². The Balaban J connectivity index is 1.31.